The molecule has 1 aromatic carbocycles. The lowest BCUT2D eigenvalue weighted by atomic mass is 10.1. The molecule has 0 saturated carbocycles. The molecule has 0 saturated heterocycles. The first-order valence-electron chi connectivity index (χ1n) is 6.89. The van der Waals surface area contributed by atoms with Gasteiger partial charge in [0.1, 0.15) is 17.4 Å². The van der Waals surface area contributed by atoms with Gasteiger partial charge in [-0.15, -0.1) is 0 Å². The summed E-state index contributed by atoms with van der Waals surface area (Å²) in [7, 11) is 1.87. The topological polar surface area (TPSA) is 66.0 Å². The van der Waals surface area contributed by atoms with Crippen LogP contribution in [0.1, 0.15) is 17.4 Å². The summed E-state index contributed by atoms with van der Waals surface area (Å²) in [6.07, 6.45) is 3.47. The number of aryl methyl sites for hydroxylation is 2. The molecule has 0 fully saturated rings. The van der Waals surface area contributed by atoms with Crippen LogP contribution in [-0.2, 0) is 7.05 Å². The highest BCUT2D eigenvalue weighted by molar-refractivity contribution is 5.84. The maximum absolute atomic E-state index is 6.09. The number of fused-ring (bicyclic) bond motifs is 1. The molecule has 2 N–H and O–H groups in total. The molecule has 5 heteroatoms. The predicted molar refractivity (Wildman–Crippen MR) is 82.1 cm³/mol. The molecule has 0 aliphatic rings. The first-order chi connectivity index (χ1) is 10.2. The van der Waals surface area contributed by atoms with Gasteiger partial charge in [0.25, 0.3) is 0 Å². The average molecular weight is 282 g/mol. The number of nitrogens with two attached hydrogens (primary N) is 1. The Morgan fingerprint density at radius 3 is 2.86 bits per heavy atom. The molecule has 0 bridgehead atoms. The third-order valence-electron chi connectivity index (χ3n) is 3.40. The van der Waals surface area contributed by atoms with Crippen LogP contribution >= 0.6 is 0 Å². The highest BCUT2D eigenvalue weighted by Crippen LogP contribution is 2.28. The van der Waals surface area contributed by atoms with Gasteiger partial charge in [-0.2, -0.15) is 5.10 Å². The van der Waals surface area contributed by atoms with Crippen LogP contribution in [0.15, 0.2) is 42.7 Å². The summed E-state index contributed by atoms with van der Waals surface area (Å²) in [6, 6.07) is 9.95. The van der Waals surface area contributed by atoms with Gasteiger partial charge >= 0.3 is 0 Å². The lowest BCUT2D eigenvalue weighted by Gasteiger charge is -2.17. The van der Waals surface area contributed by atoms with Crippen LogP contribution in [-0.4, -0.2) is 21.3 Å². The third kappa shape index (κ3) is 2.73. The van der Waals surface area contributed by atoms with Crippen LogP contribution in [0.5, 0.6) is 5.75 Å². The summed E-state index contributed by atoms with van der Waals surface area (Å²) in [4.78, 5) is 4.58. The van der Waals surface area contributed by atoms with Crippen molar-refractivity contribution in [2.45, 2.75) is 13.0 Å². The van der Waals surface area contributed by atoms with Gasteiger partial charge in [-0.25, -0.2) is 4.98 Å². The Hall–Kier alpha value is -2.40. The molecule has 1 unspecified atom stereocenters. The summed E-state index contributed by atoms with van der Waals surface area (Å²) >= 11 is 0. The Balaban J connectivity index is 1.98. The molecule has 0 aliphatic heterocycles. The molecule has 3 aromatic rings. The van der Waals surface area contributed by atoms with Gasteiger partial charge < -0.3 is 10.5 Å². The van der Waals surface area contributed by atoms with Gasteiger partial charge in [0, 0.05) is 36.4 Å². The van der Waals surface area contributed by atoms with E-state index in [-0.39, 0.29) is 6.10 Å². The normalized spacial score (nSPS) is 12.5. The second-order valence-corrected chi connectivity index (χ2v) is 5.07. The van der Waals surface area contributed by atoms with Crippen LogP contribution in [0, 0.1) is 6.92 Å². The number of hydrogen-bond donors (Lipinski definition) is 1. The monoisotopic (exact) mass is 282 g/mol. The maximum atomic E-state index is 6.09. The Labute approximate surface area is 123 Å². The number of hydrogen-bond acceptors (Lipinski definition) is 4. The number of nitrogens with zero attached hydrogens (tertiary/aromatic N) is 3. The molecule has 1 atom stereocenters. The van der Waals surface area contributed by atoms with E-state index in [1.807, 2.05) is 50.5 Å². The highest BCUT2D eigenvalue weighted by atomic mass is 16.5. The Morgan fingerprint density at radius 1 is 1.29 bits per heavy atom. The number of rotatable bonds is 4. The van der Waals surface area contributed by atoms with E-state index in [2.05, 4.69) is 10.1 Å². The van der Waals surface area contributed by atoms with Crippen LogP contribution < -0.4 is 10.5 Å². The largest absolute Gasteiger partial charge is 0.482 e. The van der Waals surface area contributed by atoms with Crippen LogP contribution in [0.2, 0.25) is 0 Å². The van der Waals surface area contributed by atoms with E-state index in [0.29, 0.717) is 6.54 Å². The van der Waals surface area contributed by atoms with Crippen LogP contribution in [0.25, 0.3) is 10.9 Å². The second kappa shape index (κ2) is 5.54. The first kappa shape index (κ1) is 13.6. The lowest BCUT2D eigenvalue weighted by molar-refractivity contribution is 0.216. The molecule has 5 nitrogen and oxygen atoms in total. The maximum Gasteiger partial charge on any atom is 0.146 e. The summed E-state index contributed by atoms with van der Waals surface area (Å²) in [5.74, 6) is 0.746. The molecule has 3 rings (SSSR count). The standard InChI is InChI=1S/C16H18N4O/c1-11-6-7-12-4-3-5-14(16(12)19-11)21-15(8-17)13-9-18-20(2)10-13/h3-7,9-10,15H,8,17H2,1-2H3. The smallest absolute Gasteiger partial charge is 0.146 e. The number of ether oxygens (including phenoxy) is 1. The average Bonchev–Trinajstić information content (AvgIpc) is 2.91. The van der Waals surface area contributed by atoms with Crippen molar-refractivity contribution in [1.82, 2.24) is 14.8 Å². The zero-order chi connectivity index (χ0) is 14.8. The molecule has 21 heavy (non-hydrogen) atoms. The number of para-hydroxylation sites is 1. The van der Waals surface area contributed by atoms with Crippen molar-refractivity contribution < 1.29 is 4.74 Å². The van der Waals surface area contributed by atoms with E-state index in [9.17, 15) is 0 Å². The van der Waals surface area contributed by atoms with Crippen LogP contribution in [0.3, 0.4) is 0 Å². The summed E-state index contributed by atoms with van der Waals surface area (Å²) < 4.78 is 7.83. The summed E-state index contributed by atoms with van der Waals surface area (Å²) in [5, 5.41) is 5.22. The number of pyridine rings is 1. The van der Waals surface area contributed by atoms with E-state index in [1.54, 1.807) is 10.9 Å². The fourth-order valence-corrected chi connectivity index (χ4v) is 2.32. The van der Waals surface area contributed by atoms with Gasteiger partial charge in [-0.3, -0.25) is 4.68 Å². The van der Waals surface area contributed by atoms with Gasteiger partial charge in [0.2, 0.25) is 0 Å². The minimum Gasteiger partial charge on any atom is -0.482 e. The van der Waals surface area contributed by atoms with Crippen molar-refractivity contribution in [1.29, 1.82) is 0 Å². The minimum absolute atomic E-state index is 0.230. The van der Waals surface area contributed by atoms with Crippen molar-refractivity contribution in [2.24, 2.45) is 12.8 Å². The summed E-state index contributed by atoms with van der Waals surface area (Å²) in [5.41, 5.74) is 8.64. The molecule has 0 amide bonds. The Morgan fingerprint density at radius 2 is 2.14 bits per heavy atom. The zero-order valence-corrected chi connectivity index (χ0v) is 12.2. The van der Waals surface area contributed by atoms with Crippen molar-refractivity contribution >= 4 is 10.9 Å². The fourth-order valence-electron chi connectivity index (χ4n) is 2.32. The van der Waals surface area contributed by atoms with Crippen molar-refractivity contribution in [3.63, 3.8) is 0 Å². The third-order valence-corrected chi connectivity index (χ3v) is 3.40. The van der Waals surface area contributed by atoms with Gasteiger partial charge in [0.15, 0.2) is 0 Å². The Kier molecular flexibility index (Phi) is 3.58. The minimum atomic E-state index is -0.230. The molecule has 2 heterocycles. The zero-order valence-electron chi connectivity index (χ0n) is 12.2. The predicted octanol–water partition coefficient (Wildman–Crippen LogP) is 2.36. The highest BCUT2D eigenvalue weighted by Gasteiger charge is 2.15. The van der Waals surface area contributed by atoms with Gasteiger partial charge in [-0.1, -0.05) is 18.2 Å². The molecular formula is C16H18N4O. The van der Waals surface area contributed by atoms with Crippen molar-refractivity contribution in [3.8, 4) is 5.75 Å². The first-order valence-corrected chi connectivity index (χ1v) is 6.89. The van der Waals surface area contributed by atoms with Gasteiger partial charge in [0.05, 0.1) is 6.20 Å². The van der Waals surface area contributed by atoms with E-state index in [1.165, 1.54) is 0 Å². The SMILES string of the molecule is Cc1ccc2cccc(OC(CN)c3cnn(C)c3)c2n1. The van der Waals surface area contributed by atoms with E-state index >= 15 is 0 Å². The van der Waals surface area contributed by atoms with E-state index in [0.717, 1.165) is 27.9 Å². The van der Waals surface area contributed by atoms with E-state index in [4.69, 9.17) is 10.5 Å². The summed E-state index contributed by atoms with van der Waals surface area (Å²) in [6.45, 7) is 2.35. The molecule has 0 spiro atoms. The van der Waals surface area contributed by atoms with Gasteiger partial charge in [-0.05, 0) is 19.1 Å². The lowest BCUT2D eigenvalue weighted by Crippen LogP contribution is -2.18. The molecule has 2 aromatic heterocycles. The Bertz CT molecular complexity index is 766. The molecule has 108 valence electrons. The number of benzene rings is 1. The molecular weight excluding hydrogens is 264 g/mol. The molecule has 0 aliphatic carbocycles. The number of aromatic nitrogens is 3. The van der Waals surface area contributed by atoms with Crippen molar-refractivity contribution in [3.05, 3.63) is 54.0 Å². The van der Waals surface area contributed by atoms with Crippen molar-refractivity contribution in [2.75, 3.05) is 6.54 Å². The molecule has 0 radical (unpaired) electrons. The van der Waals surface area contributed by atoms with E-state index < -0.39 is 0 Å². The quantitative estimate of drug-likeness (QED) is 0.797. The van der Waals surface area contributed by atoms with Crippen LogP contribution in [0.4, 0.5) is 0 Å². The fraction of sp³-hybridized carbons (Fsp3) is 0.250. The second-order valence-electron chi connectivity index (χ2n) is 5.07.